The third-order valence-electron chi connectivity index (χ3n) is 0.758. The van der Waals surface area contributed by atoms with E-state index in [1.54, 1.807) is 4.99 Å². The molecule has 0 atom stereocenters. The number of hydrogen-bond donors (Lipinski definition) is 0. The lowest BCUT2D eigenvalue weighted by Crippen LogP contribution is -1.61. The highest BCUT2D eigenvalue weighted by molar-refractivity contribution is 9.11. The van der Waals surface area contributed by atoms with E-state index in [4.69, 9.17) is 11.6 Å². The highest BCUT2D eigenvalue weighted by Gasteiger charge is 1.73. The van der Waals surface area contributed by atoms with E-state index in [1.165, 1.54) is 5.54 Å². The van der Waals surface area contributed by atoms with Gasteiger partial charge in [-0.05, 0) is 18.0 Å². The number of hydrogen-bond acceptors (Lipinski definition) is 0. The first-order valence-electron chi connectivity index (χ1n) is 2.51. The monoisotopic (exact) mass is 206 g/mol. The molecule has 0 spiro atoms. The fraction of sp³-hybridized carbons (Fsp3) is 0.143. The van der Waals surface area contributed by atoms with Gasteiger partial charge < -0.3 is 0 Å². The smallest absolute Gasteiger partial charge is 0.00450 e. The van der Waals surface area contributed by atoms with Crippen LogP contribution in [0.2, 0.25) is 0 Å². The largest absolute Gasteiger partial charge is 0.0929 e. The molecule has 50 valence electrons. The molecule has 0 aliphatic rings. The molecule has 0 heterocycles. The molecule has 0 aliphatic heterocycles. The predicted octanol–water partition coefficient (Wildman–Crippen LogP) is 3.59. The van der Waals surface area contributed by atoms with Crippen molar-refractivity contribution in [2.24, 2.45) is 0 Å². The molecule has 0 aromatic heterocycles. The van der Waals surface area contributed by atoms with Gasteiger partial charge >= 0.3 is 0 Å². The molecular weight excluding hydrogens is 199 g/mol. The van der Waals surface area contributed by atoms with E-state index in [9.17, 15) is 0 Å². The molecule has 0 bridgehead atoms. The lowest BCUT2D eigenvalue weighted by atomic mass is 10.3. The van der Waals surface area contributed by atoms with Gasteiger partial charge in [0.05, 0.1) is 0 Å². The van der Waals surface area contributed by atoms with Crippen LogP contribution in [0.25, 0.3) is 0 Å². The van der Waals surface area contributed by atoms with Crippen molar-refractivity contribution in [2.75, 3.05) is 0 Å². The lowest BCUT2D eigenvalue weighted by molar-refractivity contribution is 1.53. The number of halogens is 2. The van der Waals surface area contributed by atoms with Crippen LogP contribution in [0.1, 0.15) is 6.92 Å². The van der Waals surface area contributed by atoms with Gasteiger partial charge in [-0.25, -0.2) is 0 Å². The summed E-state index contributed by atoms with van der Waals surface area (Å²) in [5.41, 5.74) is 2.62. The van der Waals surface area contributed by atoms with E-state index < -0.39 is 0 Å². The lowest BCUT2D eigenvalue weighted by Gasteiger charge is -1.82. The summed E-state index contributed by atoms with van der Waals surface area (Å²) in [6.07, 6.45) is 5.68. The van der Waals surface area contributed by atoms with Crippen molar-refractivity contribution in [3.63, 3.8) is 0 Å². The third kappa shape index (κ3) is 5.87. The summed E-state index contributed by atoms with van der Waals surface area (Å²) >= 11 is 8.46. The molecule has 9 heavy (non-hydrogen) atoms. The maximum Gasteiger partial charge on any atom is 0.00450 e. The van der Waals surface area contributed by atoms with Crippen molar-refractivity contribution in [1.82, 2.24) is 0 Å². The Morgan fingerprint density at radius 2 is 2.22 bits per heavy atom. The molecule has 0 aliphatic carbocycles. The molecule has 0 aromatic carbocycles. The molecule has 0 radical (unpaired) electrons. The molecule has 2 heteroatoms. The first-order valence-corrected chi connectivity index (χ1v) is 3.87. The van der Waals surface area contributed by atoms with Crippen LogP contribution in [0.4, 0.5) is 0 Å². The van der Waals surface area contributed by atoms with Crippen LogP contribution < -0.4 is 0 Å². The molecule has 0 rings (SSSR count). The zero-order valence-corrected chi connectivity index (χ0v) is 7.48. The average molecular weight is 207 g/mol. The first kappa shape index (κ1) is 8.99. The van der Waals surface area contributed by atoms with Gasteiger partial charge in [0, 0.05) is 5.54 Å². The summed E-state index contributed by atoms with van der Waals surface area (Å²) in [6.45, 7) is 1.98. The van der Waals surface area contributed by atoms with Crippen molar-refractivity contribution in [2.45, 2.75) is 6.92 Å². The second kappa shape index (κ2) is 6.12. The Hall–Kier alpha value is -0.0100. The third-order valence-corrected chi connectivity index (χ3v) is 1.19. The minimum Gasteiger partial charge on any atom is -0.0929 e. The number of allylic oxidation sites excluding steroid dienone is 4. The quantitative estimate of drug-likeness (QED) is 0.607. The first-order chi connectivity index (χ1) is 4.31. The van der Waals surface area contributed by atoms with Gasteiger partial charge in [0.25, 0.3) is 0 Å². The second-order valence-electron chi connectivity index (χ2n) is 1.52. The van der Waals surface area contributed by atoms with Crippen LogP contribution in [0.15, 0.2) is 34.3 Å². The number of rotatable bonds is 2. The van der Waals surface area contributed by atoms with Gasteiger partial charge in [-0.2, -0.15) is 0 Å². The Labute approximate surface area is 69.0 Å². The molecule has 0 nitrogen and oxygen atoms in total. The summed E-state index contributed by atoms with van der Waals surface area (Å²) < 4.78 is 0. The Morgan fingerprint density at radius 3 is 2.67 bits per heavy atom. The molecular formula is C7H8BrCl. The topological polar surface area (TPSA) is 0 Å². The van der Waals surface area contributed by atoms with Gasteiger partial charge in [0.2, 0.25) is 0 Å². The Balaban J connectivity index is 3.84. The van der Waals surface area contributed by atoms with Gasteiger partial charge in [-0.1, -0.05) is 45.3 Å². The summed E-state index contributed by atoms with van der Waals surface area (Å²) in [6, 6.07) is 0. The van der Waals surface area contributed by atoms with Gasteiger partial charge in [-0.3, -0.25) is 0 Å². The fourth-order valence-electron chi connectivity index (χ4n) is 0.343. The highest BCUT2D eigenvalue weighted by Crippen LogP contribution is 1.97. The second-order valence-corrected chi connectivity index (χ2v) is 2.30. The zero-order chi connectivity index (χ0) is 7.11. The van der Waals surface area contributed by atoms with E-state index >= 15 is 0 Å². The molecule has 0 aromatic rings. The maximum atomic E-state index is 5.32. The summed E-state index contributed by atoms with van der Waals surface area (Å²) in [4.78, 5) is 1.79. The minimum atomic E-state index is 1.13. The van der Waals surface area contributed by atoms with E-state index in [1.807, 2.05) is 25.2 Å². The van der Waals surface area contributed by atoms with Crippen molar-refractivity contribution < 1.29 is 0 Å². The summed E-state index contributed by atoms with van der Waals surface area (Å²) in [7, 11) is 0. The van der Waals surface area contributed by atoms with Crippen LogP contribution in [0.5, 0.6) is 0 Å². The molecule has 0 fully saturated rings. The SMILES string of the molecule is CC(=C/C=C/Br)/C=C/Cl. The van der Waals surface area contributed by atoms with Gasteiger partial charge in [0.1, 0.15) is 0 Å². The summed E-state index contributed by atoms with van der Waals surface area (Å²) in [5, 5.41) is 0. The van der Waals surface area contributed by atoms with Crippen LogP contribution in [0, 0.1) is 0 Å². The van der Waals surface area contributed by atoms with Crippen LogP contribution in [0.3, 0.4) is 0 Å². The Morgan fingerprint density at radius 1 is 1.56 bits per heavy atom. The van der Waals surface area contributed by atoms with Crippen molar-refractivity contribution in [3.05, 3.63) is 34.3 Å². The van der Waals surface area contributed by atoms with Crippen molar-refractivity contribution in [1.29, 1.82) is 0 Å². The maximum absolute atomic E-state index is 5.32. The summed E-state index contributed by atoms with van der Waals surface area (Å²) in [5.74, 6) is 0. The fourth-order valence-corrected chi connectivity index (χ4v) is 0.694. The standard InChI is InChI=1S/C7H8BrCl/c1-7(4-6-9)3-2-5-8/h2-6H,1H3/b5-2+,6-4+,7-3-. The molecule has 0 amide bonds. The Bertz CT molecular complexity index is 145. The highest BCUT2D eigenvalue weighted by atomic mass is 79.9. The minimum absolute atomic E-state index is 1.13. The van der Waals surface area contributed by atoms with E-state index in [0.717, 1.165) is 5.57 Å². The average Bonchev–Trinajstić information content (AvgIpc) is 1.85. The molecule has 0 unspecified atom stereocenters. The molecule has 0 saturated carbocycles. The van der Waals surface area contributed by atoms with Crippen molar-refractivity contribution >= 4 is 27.5 Å². The zero-order valence-electron chi connectivity index (χ0n) is 5.14. The predicted molar refractivity (Wildman–Crippen MR) is 46.8 cm³/mol. The van der Waals surface area contributed by atoms with Gasteiger partial charge in [-0.15, -0.1) is 0 Å². The van der Waals surface area contributed by atoms with E-state index in [2.05, 4.69) is 15.9 Å². The van der Waals surface area contributed by atoms with Crippen molar-refractivity contribution in [3.8, 4) is 0 Å². The van der Waals surface area contributed by atoms with E-state index in [-0.39, 0.29) is 0 Å². The molecule has 0 N–H and O–H groups in total. The molecule has 0 saturated heterocycles. The van der Waals surface area contributed by atoms with Crippen LogP contribution in [-0.4, -0.2) is 0 Å². The van der Waals surface area contributed by atoms with E-state index in [0.29, 0.717) is 0 Å². The normalized spacial score (nSPS) is 13.9. The van der Waals surface area contributed by atoms with Crippen LogP contribution in [-0.2, 0) is 0 Å². The Kier molecular flexibility index (Phi) is 6.11. The van der Waals surface area contributed by atoms with Gasteiger partial charge in [0.15, 0.2) is 0 Å². The van der Waals surface area contributed by atoms with Crippen LogP contribution >= 0.6 is 27.5 Å².